The van der Waals surface area contributed by atoms with Crippen LogP contribution in [0.2, 0.25) is 18.1 Å². The number of allylic oxidation sites excluding steroid dienone is 1. The predicted molar refractivity (Wildman–Crippen MR) is 134 cm³/mol. The number of esters is 2. The SMILES string of the molecule is CCOC(=O)CC(OC)C(C)=CCc1c(OC)c(C)c2c(c1O[Si](C)(C)C(C)(C)C)C(=O)OC2. The van der Waals surface area contributed by atoms with Gasteiger partial charge in [0.2, 0.25) is 0 Å². The van der Waals surface area contributed by atoms with Gasteiger partial charge in [0.1, 0.15) is 23.7 Å². The van der Waals surface area contributed by atoms with Crippen LogP contribution in [0.5, 0.6) is 11.5 Å². The van der Waals surface area contributed by atoms with Gasteiger partial charge < -0.3 is 23.4 Å². The summed E-state index contributed by atoms with van der Waals surface area (Å²) in [5.41, 5.74) is 3.88. The van der Waals surface area contributed by atoms with Crippen molar-refractivity contribution in [2.45, 2.75) is 85.2 Å². The minimum absolute atomic E-state index is 0.0652. The number of hydrogen-bond donors (Lipinski definition) is 0. The van der Waals surface area contributed by atoms with Gasteiger partial charge in [-0.05, 0) is 56.5 Å². The second-order valence-corrected chi connectivity index (χ2v) is 14.9. The first-order valence-electron chi connectivity index (χ1n) is 11.7. The summed E-state index contributed by atoms with van der Waals surface area (Å²) < 4.78 is 28.6. The minimum atomic E-state index is -2.29. The molecule has 0 aromatic heterocycles. The van der Waals surface area contributed by atoms with Gasteiger partial charge in [0, 0.05) is 18.2 Å². The van der Waals surface area contributed by atoms with E-state index < -0.39 is 14.4 Å². The molecule has 0 N–H and O–H groups in total. The Labute approximate surface area is 204 Å². The van der Waals surface area contributed by atoms with E-state index in [9.17, 15) is 9.59 Å². The molecule has 1 unspecified atom stereocenters. The smallest absolute Gasteiger partial charge is 0.342 e. The molecule has 0 spiro atoms. The van der Waals surface area contributed by atoms with Crippen molar-refractivity contribution in [3.05, 3.63) is 33.9 Å². The fourth-order valence-corrected chi connectivity index (χ4v) is 4.77. The molecule has 190 valence electrons. The van der Waals surface area contributed by atoms with Gasteiger partial charge in [-0.15, -0.1) is 0 Å². The Morgan fingerprint density at radius 1 is 1.21 bits per heavy atom. The molecule has 0 amide bonds. The number of carbonyl (C=O) groups is 2. The van der Waals surface area contributed by atoms with Crippen LogP contribution in [0.15, 0.2) is 11.6 Å². The second kappa shape index (κ2) is 10.9. The highest BCUT2D eigenvalue weighted by Gasteiger charge is 2.42. The van der Waals surface area contributed by atoms with Crippen LogP contribution in [0.3, 0.4) is 0 Å². The van der Waals surface area contributed by atoms with E-state index in [-0.39, 0.29) is 30.0 Å². The van der Waals surface area contributed by atoms with Crippen molar-refractivity contribution in [3.63, 3.8) is 0 Å². The molecule has 0 bridgehead atoms. The van der Waals surface area contributed by atoms with Gasteiger partial charge in [-0.1, -0.05) is 26.8 Å². The van der Waals surface area contributed by atoms with E-state index >= 15 is 0 Å². The first-order valence-corrected chi connectivity index (χ1v) is 14.6. The minimum Gasteiger partial charge on any atom is -0.543 e. The number of rotatable bonds is 10. The maximum Gasteiger partial charge on any atom is 0.342 e. The first kappa shape index (κ1) is 27.9. The molecular formula is C26H40O7Si. The highest BCUT2D eigenvalue weighted by Crippen LogP contribution is 2.46. The van der Waals surface area contributed by atoms with Crippen molar-refractivity contribution in [1.82, 2.24) is 0 Å². The molecule has 0 radical (unpaired) electrons. The fourth-order valence-electron chi connectivity index (χ4n) is 3.73. The lowest BCUT2D eigenvalue weighted by atomic mass is 9.94. The molecule has 1 aromatic rings. The maximum absolute atomic E-state index is 12.8. The van der Waals surface area contributed by atoms with Crippen molar-refractivity contribution in [2.75, 3.05) is 20.8 Å². The highest BCUT2D eigenvalue weighted by atomic mass is 28.4. The van der Waals surface area contributed by atoms with Crippen LogP contribution in [0.4, 0.5) is 0 Å². The highest BCUT2D eigenvalue weighted by molar-refractivity contribution is 6.74. The van der Waals surface area contributed by atoms with Gasteiger partial charge in [-0.2, -0.15) is 0 Å². The molecule has 1 aliphatic rings. The Balaban J connectivity index is 2.59. The van der Waals surface area contributed by atoms with Crippen LogP contribution in [0.1, 0.15) is 68.1 Å². The van der Waals surface area contributed by atoms with Gasteiger partial charge in [0.15, 0.2) is 0 Å². The third-order valence-electron chi connectivity index (χ3n) is 6.87. The van der Waals surface area contributed by atoms with E-state index in [0.29, 0.717) is 30.1 Å². The summed E-state index contributed by atoms with van der Waals surface area (Å²) in [5, 5.41) is -0.0652. The maximum atomic E-state index is 12.8. The molecular weight excluding hydrogens is 452 g/mol. The van der Waals surface area contributed by atoms with Crippen LogP contribution in [0.25, 0.3) is 0 Å². The zero-order valence-corrected chi connectivity index (χ0v) is 23.3. The van der Waals surface area contributed by atoms with Crippen LogP contribution in [-0.4, -0.2) is 47.2 Å². The van der Waals surface area contributed by atoms with Crippen LogP contribution in [0, 0.1) is 6.92 Å². The van der Waals surface area contributed by atoms with E-state index in [1.807, 2.05) is 19.9 Å². The average Bonchev–Trinajstić information content (AvgIpc) is 3.13. The third kappa shape index (κ3) is 5.83. The summed E-state index contributed by atoms with van der Waals surface area (Å²) >= 11 is 0. The quantitative estimate of drug-likeness (QED) is 0.242. The van der Waals surface area contributed by atoms with E-state index in [1.54, 1.807) is 21.1 Å². The number of carbonyl (C=O) groups excluding carboxylic acids is 2. The number of cyclic esters (lactones) is 1. The fraction of sp³-hybridized carbons (Fsp3) is 0.615. The Hall–Kier alpha value is -2.32. The van der Waals surface area contributed by atoms with Gasteiger partial charge in [0.05, 0.1) is 26.2 Å². The Bertz CT molecular complexity index is 957. The van der Waals surface area contributed by atoms with E-state index in [1.165, 1.54) is 0 Å². The van der Waals surface area contributed by atoms with E-state index in [2.05, 4.69) is 33.9 Å². The molecule has 1 atom stereocenters. The van der Waals surface area contributed by atoms with Crippen LogP contribution in [-0.2, 0) is 32.0 Å². The summed E-state index contributed by atoms with van der Waals surface area (Å²) in [5.74, 6) is 0.565. The molecule has 8 heteroatoms. The van der Waals surface area contributed by atoms with Crippen LogP contribution < -0.4 is 9.16 Å². The Morgan fingerprint density at radius 2 is 1.85 bits per heavy atom. The number of hydrogen-bond acceptors (Lipinski definition) is 7. The van der Waals surface area contributed by atoms with E-state index in [4.69, 9.17) is 23.4 Å². The Kier molecular flexibility index (Phi) is 8.99. The second-order valence-electron chi connectivity index (χ2n) is 10.1. The number of fused-ring (bicyclic) bond motifs is 1. The molecule has 2 rings (SSSR count). The molecule has 0 saturated carbocycles. The van der Waals surface area contributed by atoms with Crippen LogP contribution >= 0.6 is 0 Å². The first-order chi connectivity index (χ1) is 15.8. The molecule has 1 aromatic carbocycles. The summed E-state index contributed by atoms with van der Waals surface area (Å²) in [4.78, 5) is 24.8. The lowest BCUT2D eigenvalue weighted by Crippen LogP contribution is -2.44. The standard InChI is InChI=1S/C26H40O7Si/c1-11-31-21(27)14-20(29-7)16(2)12-13-18-23(30-8)17(3)19-15-32-25(28)22(19)24(18)33-34(9,10)26(4,5)6/h12,20H,11,13-15H2,1-10H3. The average molecular weight is 493 g/mol. The number of benzene rings is 1. The van der Waals surface area contributed by atoms with E-state index in [0.717, 1.165) is 22.3 Å². The molecule has 1 aliphatic heterocycles. The summed E-state index contributed by atoms with van der Waals surface area (Å²) in [6.07, 6.45) is 2.17. The van der Waals surface area contributed by atoms with Gasteiger partial charge in [0.25, 0.3) is 8.32 Å². The molecule has 0 fully saturated rings. The van der Waals surface area contributed by atoms with Crippen molar-refractivity contribution in [3.8, 4) is 11.5 Å². The molecule has 0 saturated heterocycles. The summed E-state index contributed by atoms with van der Waals surface area (Å²) in [6, 6.07) is 0. The lowest BCUT2D eigenvalue weighted by Gasteiger charge is -2.37. The van der Waals surface area contributed by atoms with Gasteiger partial charge >= 0.3 is 11.9 Å². The van der Waals surface area contributed by atoms with Gasteiger partial charge in [-0.3, -0.25) is 4.79 Å². The van der Waals surface area contributed by atoms with Gasteiger partial charge in [-0.25, -0.2) is 4.79 Å². The normalized spacial score (nSPS) is 15.0. The third-order valence-corrected chi connectivity index (χ3v) is 11.2. The van der Waals surface area contributed by atoms with Crippen molar-refractivity contribution < 1.29 is 33.0 Å². The molecule has 1 heterocycles. The lowest BCUT2D eigenvalue weighted by molar-refractivity contribution is -0.145. The summed E-state index contributed by atoms with van der Waals surface area (Å²) in [6.45, 7) is 17.0. The predicted octanol–water partition coefficient (Wildman–Crippen LogP) is 5.52. The summed E-state index contributed by atoms with van der Waals surface area (Å²) in [7, 11) is 0.911. The Morgan fingerprint density at radius 3 is 2.38 bits per heavy atom. The molecule has 0 aliphatic carbocycles. The topological polar surface area (TPSA) is 80.3 Å². The molecule has 7 nitrogen and oxygen atoms in total. The number of methoxy groups -OCH3 is 2. The zero-order valence-electron chi connectivity index (χ0n) is 22.3. The monoisotopic (exact) mass is 492 g/mol. The molecule has 34 heavy (non-hydrogen) atoms. The zero-order chi connectivity index (χ0) is 25.8. The van der Waals surface area contributed by atoms with Crippen molar-refractivity contribution in [2.24, 2.45) is 0 Å². The largest absolute Gasteiger partial charge is 0.543 e. The van der Waals surface area contributed by atoms with Crippen molar-refractivity contribution >= 4 is 20.3 Å². The van der Waals surface area contributed by atoms with Crippen molar-refractivity contribution in [1.29, 1.82) is 0 Å². The number of ether oxygens (including phenoxy) is 4.